The zero-order valence-electron chi connectivity index (χ0n) is 10.9. The molecule has 2 rings (SSSR count). The molecule has 2 aromatic carbocycles. The van der Waals surface area contributed by atoms with Crippen LogP contribution in [-0.4, -0.2) is 12.8 Å². The molecule has 0 aliphatic heterocycles. The Morgan fingerprint density at radius 1 is 0.882 bits per heavy atom. The van der Waals surface area contributed by atoms with Crippen molar-refractivity contribution in [3.05, 3.63) is 60.2 Å². The molecule has 0 aliphatic carbocycles. The number of aryl methyl sites for hydroxylation is 1. The Morgan fingerprint density at radius 2 is 1.47 bits per heavy atom. The van der Waals surface area contributed by atoms with Gasteiger partial charge in [-0.05, 0) is 0 Å². The summed E-state index contributed by atoms with van der Waals surface area (Å²) in [4.78, 5) is 0. The molecule has 2 aromatic rings. The van der Waals surface area contributed by atoms with Crippen LogP contribution >= 0.6 is 7.26 Å². The summed E-state index contributed by atoms with van der Waals surface area (Å²) in [6.45, 7) is 7.04. The van der Waals surface area contributed by atoms with Crippen molar-refractivity contribution in [2.75, 3.05) is 12.8 Å². The molecular formula is C16H21P. The average molecular weight is 244 g/mol. The van der Waals surface area contributed by atoms with Gasteiger partial charge in [-0.3, -0.25) is 0 Å². The van der Waals surface area contributed by atoms with Crippen molar-refractivity contribution in [1.29, 1.82) is 0 Å². The van der Waals surface area contributed by atoms with Gasteiger partial charge in [0.1, 0.15) is 0 Å². The van der Waals surface area contributed by atoms with Crippen LogP contribution in [0.3, 0.4) is 0 Å². The first-order chi connectivity index (χ1) is 8.18. The summed E-state index contributed by atoms with van der Waals surface area (Å²) >= 11 is 0. The summed E-state index contributed by atoms with van der Waals surface area (Å²) < 4.78 is 0. The van der Waals surface area contributed by atoms with Crippen molar-refractivity contribution in [3.8, 4) is 0 Å². The minimum absolute atomic E-state index is 1.25. The molecule has 0 saturated heterocycles. The van der Waals surface area contributed by atoms with Crippen LogP contribution in [-0.2, 0) is 0 Å². The van der Waals surface area contributed by atoms with Gasteiger partial charge in [-0.2, -0.15) is 0 Å². The van der Waals surface area contributed by atoms with E-state index in [9.17, 15) is 0 Å². The second-order valence-electron chi connectivity index (χ2n) is 4.87. The van der Waals surface area contributed by atoms with Crippen LogP contribution in [0.2, 0.25) is 0 Å². The van der Waals surface area contributed by atoms with Crippen LogP contribution in [0.15, 0.2) is 54.6 Å². The maximum absolute atomic E-state index is 2.48. The molecule has 0 nitrogen and oxygen atoms in total. The Labute approximate surface area is 105 Å². The van der Waals surface area contributed by atoms with E-state index in [-0.39, 0.29) is 0 Å². The zero-order valence-corrected chi connectivity index (χ0v) is 11.9. The molecular weight excluding hydrogens is 223 g/mol. The molecule has 0 saturated carbocycles. The molecule has 0 atom stereocenters. The predicted octanol–water partition coefficient (Wildman–Crippen LogP) is 3.35. The van der Waals surface area contributed by atoms with Crippen molar-refractivity contribution < 1.29 is 0 Å². The first-order valence-electron chi connectivity index (χ1n) is 6.30. The second-order valence-corrected chi connectivity index (χ2v) is 9.35. The fourth-order valence-corrected chi connectivity index (χ4v) is 5.99. The molecule has 0 fully saturated rings. The predicted molar refractivity (Wildman–Crippen MR) is 81.7 cm³/mol. The standard InChI is InChI=1S/C16H21P/c1-4-17(3,15-11-6-5-7-12-15)16-13-9-8-10-14(16)2/h5-13,17H,4H2,1-3H3. The van der Waals surface area contributed by atoms with Gasteiger partial charge >= 0.3 is 105 Å². The Kier molecular flexibility index (Phi) is 3.64. The molecule has 0 radical (unpaired) electrons. The van der Waals surface area contributed by atoms with E-state index in [1.807, 2.05) is 0 Å². The SMILES string of the molecule is CC[PH](C)(c1ccccc1)c1ccccc1C. The Bertz CT molecular complexity index is 490. The minimum atomic E-state index is -1.52. The van der Waals surface area contributed by atoms with Crippen molar-refractivity contribution >= 4 is 17.9 Å². The summed E-state index contributed by atoms with van der Waals surface area (Å²) in [6, 6.07) is 19.9. The molecule has 0 amide bonds. The number of hydrogen-bond acceptors (Lipinski definition) is 0. The summed E-state index contributed by atoms with van der Waals surface area (Å²) in [5.41, 5.74) is 1.44. The second kappa shape index (κ2) is 5.02. The van der Waals surface area contributed by atoms with Crippen molar-refractivity contribution in [2.24, 2.45) is 0 Å². The van der Waals surface area contributed by atoms with Gasteiger partial charge in [0, 0.05) is 0 Å². The van der Waals surface area contributed by atoms with E-state index in [1.54, 1.807) is 5.30 Å². The van der Waals surface area contributed by atoms with Crippen LogP contribution in [0.1, 0.15) is 12.5 Å². The van der Waals surface area contributed by atoms with E-state index in [4.69, 9.17) is 0 Å². The molecule has 90 valence electrons. The molecule has 0 aliphatic rings. The van der Waals surface area contributed by atoms with E-state index in [1.165, 1.54) is 17.0 Å². The topological polar surface area (TPSA) is 0 Å². The van der Waals surface area contributed by atoms with Crippen molar-refractivity contribution in [3.63, 3.8) is 0 Å². The molecule has 0 heterocycles. The van der Waals surface area contributed by atoms with Gasteiger partial charge in [-0.1, -0.05) is 0 Å². The fourth-order valence-electron chi connectivity index (χ4n) is 2.55. The van der Waals surface area contributed by atoms with Gasteiger partial charge in [0.15, 0.2) is 0 Å². The van der Waals surface area contributed by atoms with E-state index in [0.29, 0.717) is 0 Å². The Balaban J connectivity index is 2.56. The first-order valence-corrected chi connectivity index (χ1v) is 9.01. The summed E-state index contributed by atoms with van der Waals surface area (Å²) in [5, 5.41) is 3.12. The van der Waals surface area contributed by atoms with Gasteiger partial charge in [-0.25, -0.2) is 0 Å². The monoisotopic (exact) mass is 244 g/mol. The summed E-state index contributed by atoms with van der Waals surface area (Å²) in [6.07, 6.45) is 1.25. The third-order valence-corrected chi connectivity index (χ3v) is 8.63. The van der Waals surface area contributed by atoms with E-state index in [2.05, 4.69) is 75.1 Å². The number of benzene rings is 2. The summed E-state index contributed by atoms with van der Waals surface area (Å²) in [5.74, 6) is 0. The van der Waals surface area contributed by atoms with E-state index in [0.717, 1.165) is 0 Å². The average Bonchev–Trinajstić information content (AvgIpc) is 2.39. The Morgan fingerprint density at radius 3 is 2.06 bits per heavy atom. The third-order valence-electron chi connectivity index (χ3n) is 3.86. The van der Waals surface area contributed by atoms with Crippen molar-refractivity contribution in [1.82, 2.24) is 0 Å². The Hall–Kier alpha value is -1.13. The summed E-state index contributed by atoms with van der Waals surface area (Å²) in [7, 11) is -1.52. The van der Waals surface area contributed by atoms with Gasteiger partial charge in [0.2, 0.25) is 0 Å². The van der Waals surface area contributed by atoms with Crippen LogP contribution in [0.4, 0.5) is 0 Å². The van der Waals surface area contributed by atoms with Crippen LogP contribution in [0.5, 0.6) is 0 Å². The molecule has 0 unspecified atom stereocenters. The fraction of sp³-hybridized carbons (Fsp3) is 0.250. The van der Waals surface area contributed by atoms with E-state index >= 15 is 0 Å². The quantitative estimate of drug-likeness (QED) is 0.726. The van der Waals surface area contributed by atoms with Gasteiger partial charge in [0.05, 0.1) is 0 Å². The van der Waals surface area contributed by atoms with Crippen molar-refractivity contribution in [2.45, 2.75) is 13.8 Å². The molecule has 0 N–H and O–H groups in total. The maximum atomic E-state index is 2.48. The zero-order chi connectivity index (χ0) is 12.3. The third kappa shape index (κ3) is 2.28. The van der Waals surface area contributed by atoms with Gasteiger partial charge in [-0.15, -0.1) is 0 Å². The molecule has 0 bridgehead atoms. The van der Waals surface area contributed by atoms with Gasteiger partial charge < -0.3 is 0 Å². The van der Waals surface area contributed by atoms with Crippen LogP contribution in [0.25, 0.3) is 0 Å². The van der Waals surface area contributed by atoms with Gasteiger partial charge in [0.25, 0.3) is 0 Å². The molecule has 0 aromatic heterocycles. The molecule has 1 heteroatoms. The van der Waals surface area contributed by atoms with E-state index < -0.39 is 7.26 Å². The normalized spacial score (nSPS) is 12.4. The molecule has 17 heavy (non-hydrogen) atoms. The van der Waals surface area contributed by atoms with Crippen LogP contribution < -0.4 is 10.6 Å². The molecule has 0 spiro atoms. The number of hydrogen-bond donors (Lipinski definition) is 0. The van der Waals surface area contributed by atoms with Crippen LogP contribution in [0, 0.1) is 6.92 Å². The number of rotatable bonds is 3. The first kappa shape index (κ1) is 12.3.